The summed E-state index contributed by atoms with van der Waals surface area (Å²) in [7, 11) is 0. The molecule has 1 aliphatic carbocycles. The van der Waals surface area contributed by atoms with Gasteiger partial charge in [0, 0.05) is 12.6 Å². The quantitative estimate of drug-likeness (QED) is 0.789. The van der Waals surface area contributed by atoms with Crippen molar-refractivity contribution in [1.82, 2.24) is 5.32 Å². The molecule has 116 valence electrons. The molecule has 1 atom stereocenters. The number of hydrogen-bond acceptors (Lipinski definition) is 3. The molecule has 1 saturated carbocycles. The number of hydrogen-bond donors (Lipinski definition) is 2. The minimum Gasteiger partial charge on any atom is -0.492 e. The molecule has 1 aromatic carbocycles. The molecule has 1 aliphatic rings. The van der Waals surface area contributed by atoms with Gasteiger partial charge in [-0.3, -0.25) is 0 Å². The summed E-state index contributed by atoms with van der Waals surface area (Å²) in [6.45, 7) is 5.98. The number of carbonyl (C=O) groups is 1. The Bertz CT molecular complexity index is 485. The van der Waals surface area contributed by atoms with Gasteiger partial charge in [-0.15, -0.1) is 0 Å². The average Bonchev–Trinajstić information content (AvgIpc) is 2.45. The second-order valence-corrected chi connectivity index (χ2v) is 6.42. The van der Waals surface area contributed by atoms with Crippen LogP contribution in [0.4, 0.5) is 0 Å². The Hall–Kier alpha value is -1.55. The van der Waals surface area contributed by atoms with Crippen molar-refractivity contribution < 1.29 is 14.6 Å². The van der Waals surface area contributed by atoms with Gasteiger partial charge in [-0.25, -0.2) is 4.79 Å². The van der Waals surface area contributed by atoms with Gasteiger partial charge in [-0.2, -0.15) is 0 Å². The maximum Gasteiger partial charge on any atom is 0.335 e. The molecule has 0 spiro atoms. The third kappa shape index (κ3) is 4.46. The van der Waals surface area contributed by atoms with E-state index in [9.17, 15) is 4.79 Å². The van der Waals surface area contributed by atoms with Crippen molar-refractivity contribution in [2.75, 3.05) is 13.2 Å². The summed E-state index contributed by atoms with van der Waals surface area (Å²) in [5, 5.41) is 12.5. The van der Waals surface area contributed by atoms with E-state index in [1.807, 2.05) is 0 Å². The van der Waals surface area contributed by atoms with E-state index in [1.165, 1.54) is 25.7 Å². The molecule has 1 unspecified atom stereocenters. The van der Waals surface area contributed by atoms with E-state index in [-0.39, 0.29) is 5.56 Å². The maximum absolute atomic E-state index is 10.9. The summed E-state index contributed by atoms with van der Waals surface area (Å²) in [4.78, 5) is 10.9. The Morgan fingerprint density at radius 2 is 2.24 bits per heavy atom. The first kappa shape index (κ1) is 15.8. The normalized spacial score (nSPS) is 21.0. The fourth-order valence-electron chi connectivity index (χ4n) is 2.99. The van der Waals surface area contributed by atoms with Crippen molar-refractivity contribution in [2.45, 2.75) is 45.6 Å². The minimum atomic E-state index is -0.928. The fraction of sp³-hybridized carbons (Fsp3) is 0.588. The lowest BCUT2D eigenvalue weighted by molar-refractivity contribution is 0.0696. The largest absolute Gasteiger partial charge is 0.492 e. The van der Waals surface area contributed by atoms with Crippen molar-refractivity contribution in [3.8, 4) is 5.75 Å². The van der Waals surface area contributed by atoms with E-state index in [1.54, 1.807) is 24.3 Å². The SMILES string of the molecule is CC1(C)CCCCC1NCCOc1cccc(C(=O)O)c1. The summed E-state index contributed by atoms with van der Waals surface area (Å²) >= 11 is 0. The molecule has 2 rings (SSSR count). The summed E-state index contributed by atoms with van der Waals surface area (Å²) in [6.07, 6.45) is 5.11. The third-order valence-electron chi connectivity index (χ3n) is 4.35. The van der Waals surface area contributed by atoms with Crippen LogP contribution in [0.5, 0.6) is 5.75 Å². The topological polar surface area (TPSA) is 58.6 Å². The highest BCUT2D eigenvalue weighted by atomic mass is 16.5. The number of aromatic carboxylic acids is 1. The molecule has 4 nitrogen and oxygen atoms in total. The van der Waals surface area contributed by atoms with Gasteiger partial charge in [0.05, 0.1) is 5.56 Å². The first-order valence-electron chi connectivity index (χ1n) is 7.68. The monoisotopic (exact) mass is 291 g/mol. The van der Waals surface area contributed by atoms with Gasteiger partial charge in [0.2, 0.25) is 0 Å². The minimum absolute atomic E-state index is 0.258. The lowest BCUT2D eigenvalue weighted by atomic mass is 9.73. The Labute approximate surface area is 126 Å². The van der Waals surface area contributed by atoms with Crippen LogP contribution in [0, 0.1) is 5.41 Å². The van der Waals surface area contributed by atoms with Gasteiger partial charge < -0.3 is 15.2 Å². The van der Waals surface area contributed by atoms with Crippen LogP contribution in [-0.4, -0.2) is 30.3 Å². The highest BCUT2D eigenvalue weighted by Gasteiger charge is 2.31. The van der Waals surface area contributed by atoms with Gasteiger partial charge in [-0.1, -0.05) is 32.8 Å². The smallest absolute Gasteiger partial charge is 0.335 e. The molecule has 4 heteroatoms. The fourth-order valence-corrected chi connectivity index (χ4v) is 2.99. The van der Waals surface area contributed by atoms with Crippen molar-refractivity contribution in [2.24, 2.45) is 5.41 Å². The summed E-state index contributed by atoms with van der Waals surface area (Å²) in [6, 6.07) is 7.17. The molecule has 1 fully saturated rings. The highest BCUT2D eigenvalue weighted by Crippen LogP contribution is 2.35. The van der Waals surface area contributed by atoms with Crippen LogP contribution < -0.4 is 10.1 Å². The van der Waals surface area contributed by atoms with Crippen LogP contribution in [0.3, 0.4) is 0 Å². The Morgan fingerprint density at radius 1 is 1.43 bits per heavy atom. The van der Waals surface area contributed by atoms with Crippen LogP contribution in [0.25, 0.3) is 0 Å². The Morgan fingerprint density at radius 3 is 2.95 bits per heavy atom. The first-order valence-corrected chi connectivity index (χ1v) is 7.68. The number of carboxylic acids is 1. The van der Waals surface area contributed by atoms with E-state index in [2.05, 4.69) is 19.2 Å². The van der Waals surface area contributed by atoms with Gasteiger partial charge in [0.25, 0.3) is 0 Å². The predicted octanol–water partition coefficient (Wildman–Crippen LogP) is 3.32. The molecule has 0 aliphatic heterocycles. The lowest BCUT2D eigenvalue weighted by Crippen LogP contribution is -2.45. The zero-order chi connectivity index (χ0) is 15.3. The summed E-state index contributed by atoms with van der Waals surface area (Å²) in [5.41, 5.74) is 0.607. The van der Waals surface area contributed by atoms with E-state index < -0.39 is 5.97 Å². The molecule has 0 bridgehead atoms. The van der Waals surface area contributed by atoms with Crippen LogP contribution in [0.1, 0.15) is 49.9 Å². The Kier molecular flexibility index (Phi) is 5.23. The van der Waals surface area contributed by atoms with E-state index >= 15 is 0 Å². The van der Waals surface area contributed by atoms with Crippen molar-refractivity contribution in [1.29, 1.82) is 0 Å². The standard InChI is InChI=1S/C17H25NO3/c1-17(2)9-4-3-8-15(17)18-10-11-21-14-7-5-6-13(12-14)16(19)20/h5-7,12,15,18H,3-4,8-11H2,1-2H3,(H,19,20). The number of rotatable bonds is 6. The maximum atomic E-state index is 10.9. The van der Waals surface area contributed by atoms with E-state index in [0.29, 0.717) is 23.8 Å². The highest BCUT2D eigenvalue weighted by molar-refractivity contribution is 5.87. The molecule has 0 saturated heterocycles. The van der Waals surface area contributed by atoms with Crippen LogP contribution >= 0.6 is 0 Å². The molecule has 0 aromatic heterocycles. The van der Waals surface area contributed by atoms with Gasteiger partial charge >= 0.3 is 5.97 Å². The number of nitrogens with one attached hydrogen (secondary N) is 1. The Balaban J connectivity index is 1.77. The van der Waals surface area contributed by atoms with Crippen molar-refractivity contribution in [3.05, 3.63) is 29.8 Å². The molecule has 0 heterocycles. The molecule has 2 N–H and O–H groups in total. The van der Waals surface area contributed by atoms with Crippen LogP contribution in [0.2, 0.25) is 0 Å². The summed E-state index contributed by atoms with van der Waals surface area (Å²) < 4.78 is 5.63. The van der Waals surface area contributed by atoms with Gasteiger partial charge in [0.1, 0.15) is 12.4 Å². The third-order valence-corrected chi connectivity index (χ3v) is 4.35. The number of benzene rings is 1. The van der Waals surface area contributed by atoms with E-state index in [0.717, 1.165) is 6.54 Å². The number of carboxylic acid groups (broad SMARTS) is 1. The van der Waals surface area contributed by atoms with Crippen molar-refractivity contribution >= 4 is 5.97 Å². The molecular weight excluding hydrogens is 266 g/mol. The zero-order valence-electron chi connectivity index (χ0n) is 12.9. The van der Waals surface area contributed by atoms with Gasteiger partial charge in [-0.05, 0) is 36.5 Å². The average molecular weight is 291 g/mol. The second kappa shape index (κ2) is 6.94. The molecule has 1 aromatic rings. The predicted molar refractivity (Wildman–Crippen MR) is 82.9 cm³/mol. The van der Waals surface area contributed by atoms with Crippen LogP contribution in [-0.2, 0) is 0 Å². The molecule has 21 heavy (non-hydrogen) atoms. The van der Waals surface area contributed by atoms with E-state index in [4.69, 9.17) is 9.84 Å². The first-order chi connectivity index (χ1) is 9.99. The van der Waals surface area contributed by atoms with Gasteiger partial charge in [0.15, 0.2) is 0 Å². The zero-order valence-corrected chi connectivity index (χ0v) is 12.9. The lowest BCUT2D eigenvalue weighted by Gasteiger charge is -2.39. The second-order valence-electron chi connectivity index (χ2n) is 6.42. The summed E-state index contributed by atoms with van der Waals surface area (Å²) in [5.74, 6) is -0.317. The molecular formula is C17H25NO3. The van der Waals surface area contributed by atoms with Crippen LogP contribution in [0.15, 0.2) is 24.3 Å². The number of ether oxygens (including phenoxy) is 1. The molecule has 0 amide bonds. The molecule has 0 radical (unpaired) electrons. The van der Waals surface area contributed by atoms with Crippen molar-refractivity contribution in [3.63, 3.8) is 0 Å².